The van der Waals surface area contributed by atoms with Gasteiger partial charge in [0.1, 0.15) is 5.82 Å². The van der Waals surface area contributed by atoms with Gasteiger partial charge in [-0.3, -0.25) is 0 Å². The van der Waals surface area contributed by atoms with Crippen LogP contribution in [-0.2, 0) is 0 Å². The Balaban J connectivity index is 2.15. The molecule has 0 unspecified atom stereocenters. The molecule has 19 heavy (non-hydrogen) atoms. The summed E-state index contributed by atoms with van der Waals surface area (Å²) < 4.78 is 13.5. The van der Waals surface area contributed by atoms with Gasteiger partial charge in [-0.15, -0.1) is 11.3 Å². The van der Waals surface area contributed by atoms with Gasteiger partial charge in [-0.25, -0.2) is 9.37 Å². The molecule has 2 aromatic carbocycles. The van der Waals surface area contributed by atoms with Gasteiger partial charge in [0.05, 0.1) is 10.6 Å². The Morgan fingerprint density at radius 3 is 2.26 bits per heavy atom. The van der Waals surface area contributed by atoms with Gasteiger partial charge in [0.25, 0.3) is 0 Å². The van der Waals surface area contributed by atoms with Gasteiger partial charge in [0.15, 0.2) is 4.47 Å². The van der Waals surface area contributed by atoms with Crippen LogP contribution < -0.4 is 0 Å². The van der Waals surface area contributed by atoms with E-state index in [0.29, 0.717) is 4.47 Å². The highest BCUT2D eigenvalue weighted by atomic mass is 35.5. The van der Waals surface area contributed by atoms with Gasteiger partial charge in [-0.05, 0) is 29.8 Å². The van der Waals surface area contributed by atoms with E-state index < -0.39 is 0 Å². The smallest absolute Gasteiger partial charge is 0.184 e. The molecule has 0 spiro atoms. The first-order valence-corrected chi connectivity index (χ1v) is 6.91. The van der Waals surface area contributed by atoms with Crippen molar-refractivity contribution in [2.45, 2.75) is 0 Å². The molecule has 0 saturated heterocycles. The topological polar surface area (TPSA) is 12.9 Å². The van der Waals surface area contributed by atoms with Crippen molar-refractivity contribution < 1.29 is 4.39 Å². The second kappa shape index (κ2) is 5.11. The fourth-order valence-electron chi connectivity index (χ4n) is 1.88. The number of halogens is 2. The molecule has 3 rings (SSSR count). The van der Waals surface area contributed by atoms with E-state index >= 15 is 0 Å². The molecule has 0 atom stereocenters. The Labute approximate surface area is 119 Å². The molecule has 0 fully saturated rings. The van der Waals surface area contributed by atoms with Crippen molar-refractivity contribution in [1.82, 2.24) is 4.98 Å². The summed E-state index contributed by atoms with van der Waals surface area (Å²) in [5, 5.41) is 0. The van der Waals surface area contributed by atoms with Gasteiger partial charge < -0.3 is 0 Å². The summed E-state index contributed by atoms with van der Waals surface area (Å²) in [5.41, 5.74) is 2.72. The summed E-state index contributed by atoms with van der Waals surface area (Å²) >= 11 is 7.46. The van der Waals surface area contributed by atoms with E-state index in [0.717, 1.165) is 21.7 Å². The number of hydrogen-bond acceptors (Lipinski definition) is 2. The average molecular weight is 290 g/mol. The summed E-state index contributed by atoms with van der Waals surface area (Å²) in [5.74, 6) is -0.258. The molecule has 1 heterocycles. The zero-order valence-electron chi connectivity index (χ0n) is 9.81. The second-order valence-corrected chi connectivity index (χ2v) is 5.60. The second-order valence-electron chi connectivity index (χ2n) is 4.02. The molecular formula is C15H9ClFNS. The first-order valence-electron chi connectivity index (χ1n) is 5.72. The molecule has 0 aliphatic heterocycles. The maximum absolute atomic E-state index is 13.0. The molecule has 0 saturated carbocycles. The van der Waals surface area contributed by atoms with Gasteiger partial charge in [0.2, 0.25) is 0 Å². The zero-order valence-corrected chi connectivity index (χ0v) is 11.4. The minimum absolute atomic E-state index is 0.258. The van der Waals surface area contributed by atoms with Crippen LogP contribution in [-0.4, -0.2) is 4.98 Å². The molecule has 0 aliphatic rings. The Kier molecular flexibility index (Phi) is 3.32. The lowest BCUT2D eigenvalue weighted by Crippen LogP contribution is -1.82. The number of nitrogens with zero attached hydrogens (tertiary/aromatic N) is 1. The minimum Gasteiger partial charge on any atom is -0.224 e. The summed E-state index contributed by atoms with van der Waals surface area (Å²) in [4.78, 5) is 5.35. The Hall–Kier alpha value is -1.71. The summed E-state index contributed by atoms with van der Waals surface area (Å²) in [6, 6.07) is 16.2. The number of rotatable bonds is 2. The maximum Gasteiger partial charge on any atom is 0.184 e. The summed E-state index contributed by atoms with van der Waals surface area (Å²) in [6.07, 6.45) is 0. The van der Waals surface area contributed by atoms with E-state index in [1.54, 1.807) is 12.1 Å². The van der Waals surface area contributed by atoms with Crippen molar-refractivity contribution in [3.05, 3.63) is 64.9 Å². The van der Waals surface area contributed by atoms with Crippen LogP contribution in [0.3, 0.4) is 0 Å². The van der Waals surface area contributed by atoms with Crippen molar-refractivity contribution in [3.8, 4) is 21.7 Å². The third-order valence-corrected chi connectivity index (χ3v) is 3.96. The van der Waals surface area contributed by atoms with E-state index in [4.69, 9.17) is 11.6 Å². The minimum atomic E-state index is -0.258. The van der Waals surface area contributed by atoms with Crippen LogP contribution in [0, 0.1) is 5.82 Å². The molecule has 0 N–H and O–H groups in total. The van der Waals surface area contributed by atoms with Gasteiger partial charge >= 0.3 is 0 Å². The Morgan fingerprint density at radius 1 is 0.895 bits per heavy atom. The molecule has 1 aromatic heterocycles. The predicted molar refractivity (Wildman–Crippen MR) is 78.0 cm³/mol. The molecule has 94 valence electrons. The summed E-state index contributed by atoms with van der Waals surface area (Å²) in [7, 11) is 0. The number of thiazole rings is 1. The van der Waals surface area contributed by atoms with Gasteiger partial charge in [0, 0.05) is 5.56 Å². The fraction of sp³-hybridized carbons (Fsp3) is 0. The molecular weight excluding hydrogens is 281 g/mol. The highest BCUT2D eigenvalue weighted by Gasteiger charge is 2.13. The van der Waals surface area contributed by atoms with Crippen molar-refractivity contribution in [1.29, 1.82) is 0 Å². The number of benzene rings is 2. The lowest BCUT2D eigenvalue weighted by Gasteiger charge is -2.02. The molecule has 4 heteroatoms. The molecule has 0 radical (unpaired) electrons. The van der Waals surface area contributed by atoms with Crippen molar-refractivity contribution >= 4 is 22.9 Å². The normalized spacial score (nSPS) is 10.6. The number of aromatic nitrogens is 1. The first-order chi connectivity index (χ1) is 9.24. The predicted octanol–water partition coefficient (Wildman–Crippen LogP) is 5.27. The van der Waals surface area contributed by atoms with Crippen LogP contribution in [0.5, 0.6) is 0 Å². The average Bonchev–Trinajstić information content (AvgIpc) is 2.83. The van der Waals surface area contributed by atoms with Crippen LogP contribution in [0.2, 0.25) is 4.47 Å². The lowest BCUT2D eigenvalue weighted by molar-refractivity contribution is 0.628. The molecule has 0 bridgehead atoms. The zero-order chi connectivity index (χ0) is 13.2. The van der Waals surface area contributed by atoms with Crippen molar-refractivity contribution in [2.24, 2.45) is 0 Å². The van der Waals surface area contributed by atoms with Crippen LogP contribution in [0.15, 0.2) is 54.6 Å². The van der Waals surface area contributed by atoms with Crippen LogP contribution >= 0.6 is 22.9 Å². The molecule has 0 aliphatic carbocycles. The fourth-order valence-corrected chi connectivity index (χ4v) is 3.02. The third kappa shape index (κ3) is 2.53. The van der Waals surface area contributed by atoms with E-state index in [1.165, 1.54) is 23.5 Å². The molecule has 0 amide bonds. The Bertz CT molecular complexity index is 692. The monoisotopic (exact) mass is 289 g/mol. The highest BCUT2D eigenvalue weighted by molar-refractivity contribution is 7.19. The van der Waals surface area contributed by atoms with E-state index in [-0.39, 0.29) is 5.82 Å². The van der Waals surface area contributed by atoms with E-state index in [1.807, 2.05) is 30.3 Å². The van der Waals surface area contributed by atoms with Crippen molar-refractivity contribution in [3.63, 3.8) is 0 Å². The lowest BCUT2D eigenvalue weighted by atomic mass is 10.1. The van der Waals surface area contributed by atoms with Crippen LogP contribution in [0.4, 0.5) is 4.39 Å². The quantitative estimate of drug-likeness (QED) is 0.626. The molecule has 3 aromatic rings. The first kappa shape index (κ1) is 12.3. The van der Waals surface area contributed by atoms with Gasteiger partial charge in [-0.2, -0.15) is 0 Å². The van der Waals surface area contributed by atoms with Crippen molar-refractivity contribution in [2.75, 3.05) is 0 Å². The molecule has 1 nitrogen and oxygen atoms in total. The van der Waals surface area contributed by atoms with Crippen LogP contribution in [0.25, 0.3) is 21.7 Å². The number of hydrogen-bond donors (Lipinski definition) is 0. The standard InChI is InChI=1S/C15H9ClFNS/c16-15-18-13(10-6-8-12(17)9-7-10)14(19-15)11-4-2-1-3-5-11/h1-9H. The van der Waals surface area contributed by atoms with Gasteiger partial charge in [-0.1, -0.05) is 41.9 Å². The van der Waals surface area contributed by atoms with Crippen LogP contribution in [0.1, 0.15) is 0 Å². The van der Waals surface area contributed by atoms with E-state index in [2.05, 4.69) is 4.98 Å². The Morgan fingerprint density at radius 2 is 1.58 bits per heavy atom. The summed E-state index contributed by atoms with van der Waals surface area (Å²) in [6.45, 7) is 0. The highest BCUT2D eigenvalue weighted by Crippen LogP contribution is 2.38. The maximum atomic E-state index is 13.0. The van der Waals surface area contributed by atoms with E-state index in [9.17, 15) is 4.39 Å². The SMILES string of the molecule is Fc1ccc(-c2nc(Cl)sc2-c2ccccc2)cc1. The third-order valence-electron chi connectivity index (χ3n) is 2.75. The largest absolute Gasteiger partial charge is 0.224 e.